The molecule has 0 saturated carbocycles. The Kier molecular flexibility index (Phi) is 4.85. The summed E-state index contributed by atoms with van der Waals surface area (Å²) in [6.45, 7) is 2.53. The van der Waals surface area contributed by atoms with Crippen molar-refractivity contribution in [1.29, 1.82) is 0 Å². The number of amides is 2. The van der Waals surface area contributed by atoms with Crippen LogP contribution in [0.3, 0.4) is 0 Å². The van der Waals surface area contributed by atoms with Gasteiger partial charge in [-0.2, -0.15) is 0 Å². The first-order valence-corrected chi connectivity index (χ1v) is 9.33. The second kappa shape index (κ2) is 7.05. The van der Waals surface area contributed by atoms with E-state index in [9.17, 15) is 9.00 Å². The molecule has 0 saturated heterocycles. The molecule has 3 atom stereocenters. The first kappa shape index (κ1) is 16.5. The molecule has 0 spiro atoms. The Labute approximate surface area is 143 Å². The van der Waals surface area contributed by atoms with E-state index in [1.807, 2.05) is 31.2 Å². The first-order chi connectivity index (χ1) is 11.5. The van der Waals surface area contributed by atoms with E-state index in [4.69, 9.17) is 4.74 Å². The molecule has 1 aliphatic rings. The highest BCUT2D eigenvalue weighted by Crippen LogP contribution is 2.35. The van der Waals surface area contributed by atoms with Crippen LogP contribution in [0.5, 0.6) is 5.75 Å². The quantitative estimate of drug-likeness (QED) is 0.895. The minimum absolute atomic E-state index is 0.0721. The predicted molar refractivity (Wildman–Crippen MR) is 95.1 cm³/mol. The van der Waals surface area contributed by atoms with E-state index >= 15 is 0 Å². The summed E-state index contributed by atoms with van der Waals surface area (Å²) in [5.41, 5.74) is 1.74. The van der Waals surface area contributed by atoms with Gasteiger partial charge in [0.1, 0.15) is 5.75 Å². The minimum atomic E-state index is -1.08. The van der Waals surface area contributed by atoms with Gasteiger partial charge in [0, 0.05) is 45.2 Å². The molecule has 5 nitrogen and oxygen atoms in total. The third-order valence-corrected chi connectivity index (χ3v) is 5.04. The number of rotatable bonds is 4. The second-order valence-corrected chi connectivity index (χ2v) is 7.20. The predicted octanol–water partition coefficient (Wildman–Crippen LogP) is 3.11. The van der Waals surface area contributed by atoms with Crippen molar-refractivity contribution in [2.45, 2.75) is 23.8 Å². The number of hydrogen-bond acceptors (Lipinski definition) is 3. The number of ether oxygens (including phenoxy) is 1. The summed E-state index contributed by atoms with van der Waals surface area (Å²) in [7, 11) is -1.08. The lowest BCUT2D eigenvalue weighted by Crippen LogP contribution is -2.40. The zero-order valence-electron chi connectivity index (χ0n) is 13.6. The molecule has 0 aliphatic carbocycles. The molecule has 1 heterocycles. The smallest absolute Gasteiger partial charge is 0.319 e. The molecule has 0 radical (unpaired) electrons. The van der Waals surface area contributed by atoms with Gasteiger partial charge in [-0.3, -0.25) is 4.21 Å². The highest BCUT2D eigenvalue weighted by Gasteiger charge is 2.29. The Bertz CT molecular complexity index is 778. The summed E-state index contributed by atoms with van der Waals surface area (Å²) in [6, 6.07) is 14.6. The van der Waals surface area contributed by atoms with Gasteiger partial charge in [0.15, 0.2) is 0 Å². The van der Waals surface area contributed by atoms with E-state index in [0.717, 1.165) is 11.3 Å². The molecule has 3 rings (SSSR count). The van der Waals surface area contributed by atoms with Gasteiger partial charge < -0.3 is 15.4 Å². The Morgan fingerprint density at radius 2 is 2.04 bits per heavy atom. The maximum Gasteiger partial charge on any atom is 0.319 e. The van der Waals surface area contributed by atoms with Crippen molar-refractivity contribution in [3.8, 4) is 5.75 Å². The minimum Gasteiger partial charge on any atom is -0.493 e. The second-order valence-electron chi connectivity index (χ2n) is 5.82. The number of para-hydroxylation sites is 1. The summed E-state index contributed by atoms with van der Waals surface area (Å²) in [5, 5.41) is 5.74. The summed E-state index contributed by atoms with van der Waals surface area (Å²) in [5.74, 6) is 1.01. The summed E-state index contributed by atoms with van der Waals surface area (Å²) in [6.07, 6.45) is 1.61. The van der Waals surface area contributed by atoms with Crippen LogP contribution in [0.2, 0.25) is 0 Å². The number of urea groups is 1. The average Bonchev–Trinajstić information content (AvgIpc) is 2.99. The van der Waals surface area contributed by atoms with E-state index < -0.39 is 10.8 Å². The van der Waals surface area contributed by atoms with Crippen molar-refractivity contribution in [1.82, 2.24) is 5.32 Å². The first-order valence-electron chi connectivity index (χ1n) is 7.77. The maximum atomic E-state index is 12.2. The number of carbonyl (C=O) groups is 1. The van der Waals surface area contributed by atoms with Gasteiger partial charge >= 0.3 is 6.03 Å². The maximum absolute atomic E-state index is 12.2. The lowest BCUT2D eigenvalue weighted by atomic mass is 9.94. The number of carbonyl (C=O) groups excluding carboxylic acids is 1. The van der Waals surface area contributed by atoms with Crippen LogP contribution in [0.25, 0.3) is 0 Å². The zero-order chi connectivity index (χ0) is 17.1. The molecule has 2 aromatic rings. The molecule has 24 heavy (non-hydrogen) atoms. The normalized spacial score (nSPS) is 18.2. The molecule has 2 amide bonds. The SMILES string of the molecule is C[C@@H](NC(=O)Nc1cccc([S@](C)=O)c1)[C@H]1COc2ccccc21. The molecule has 0 bridgehead atoms. The summed E-state index contributed by atoms with van der Waals surface area (Å²) < 4.78 is 17.2. The van der Waals surface area contributed by atoms with Gasteiger partial charge in [-0.25, -0.2) is 4.79 Å². The van der Waals surface area contributed by atoms with E-state index in [1.54, 1.807) is 30.5 Å². The average molecular weight is 344 g/mol. The number of nitrogens with one attached hydrogen (secondary N) is 2. The van der Waals surface area contributed by atoms with Crippen LogP contribution in [0.1, 0.15) is 18.4 Å². The van der Waals surface area contributed by atoms with Crippen molar-refractivity contribution >= 4 is 22.5 Å². The number of hydrogen-bond donors (Lipinski definition) is 2. The Morgan fingerprint density at radius 1 is 1.25 bits per heavy atom. The topological polar surface area (TPSA) is 67.4 Å². The number of fused-ring (bicyclic) bond motifs is 1. The zero-order valence-corrected chi connectivity index (χ0v) is 14.4. The van der Waals surface area contributed by atoms with E-state index in [-0.39, 0.29) is 18.0 Å². The van der Waals surface area contributed by atoms with E-state index in [2.05, 4.69) is 10.6 Å². The Balaban J connectivity index is 1.63. The molecule has 2 aromatic carbocycles. The van der Waals surface area contributed by atoms with Crippen molar-refractivity contribution in [3.63, 3.8) is 0 Å². The van der Waals surface area contributed by atoms with Crippen molar-refractivity contribution in [3.05, 3.63) is 54.1 Å². The lowest BCUT2D eigenvalue weighted by Gasteiger charge is -2.20. The van der Waals surface area contributed by atoms with Gasteiger partial charge in [-0.05, 0) is 31.2 Å². The van der Waals surface area contributed by atoms with Crippen LogP contribution in [0, 0.1) is 0 Å². The van der Waals surface area contributed by atoms with Crippen LogP contribution >= 0.6 is 0 Å². The van der Waals surface area contributed by atoms with Gasteiger partial charge in [-0.15, -0.1) is 0 Å². The highest BCUT2D eigenvalue weighted by atomic mass is 32.2. The van der Waals surface area contributed by atoms with Gasteiger partial charge in [0.05, 0.1) is 6.61 Å². The standard InChI is InChI=1S/C18H20N2O3S/c1-12(16-11-23-17-9-4-3-8-15(16)17)19-18(21)20-13-6-5-7-14(10-13)24(2)22/h3-10,12,16H,11H2,1-2H3,(H2,19,20,21)/t12-,16-,24+/m1/s1. The van der Waals surface area contributed by atoms with Gasteiger partial charge in [-0.1, -0.05) is 24.3 Å². The van der Waals surface area contributed by atoms with Crippen molar-refractivity contribution < 1.29 is 13.7 Å². The third kappa shape index (κ3) is 3.59. The molecule has 1 aliphatic heterocycles. The fraction of sp³-hybridized carbons (Fsp3) is 0.278. The molecule has 0 aromatic heterocycles. The monoisotopic (exact) mass is 344 g/mol. The van der Waals surface area contributed by atoms with Gasteiger partial charge in [0.25, 0.3) is 0 Å². The number of anilines is 1. The highest BCUT2D eigenvalue weighted by molar-refractivity contribution is 7.84. The fourth-order valence-electron chi connectivity index (χ4n) is 2.83. The van der Waals surface area contributed by atoms with E-state index in [0.29, 0.717) is 17.2 Å². The summed E-state index contributed by atoms with van der Waals surface area (Å²) in [4.78, 5) is 12.9. The molecule has 2 N–H and O–H groups in total. The number of benzene rings is 2. The largest absolute Gasteiger partial charge is 0.493 e. The molecule has 0 fully saturated rings. The molecule has 6 heteroatoms. The molecule has 126 valence electrons. The third-order valence-electron chi connectivity index (χ3n) is 4.12. The van der Waals surface area contributed by atoms with Gasteiger partial charge in [0.2, 0.25) is 0 Å². The Morgan fingerprint density at radius 3 is 2.83 bits per heavy atom. The fourth-order valence-corrected chi connectivity index (χ4v) is 3.39. The van der Waals surface area contributed by atoms with E-state index in [1.165, 1.54) is 0 Å². The van der Waals surface area contributed by atoms with Crippen LogP contribution in [0.4, 0.5) is 10.5 Å². The van der Waals surface area contributed by atoms with Crippen molar-refractivity contribution in [2.24, 2.45) is 0 Å². The van der Waals surface area contributed by atoms with Crippen LogP contribution in [0.15, 0.2) is 53.4 Å². The summed E-state index contributed by atoms with van der Waals surface area (Å²) >= 11 is 0. The molecule has 0 unspecified atom stereocenters. The van der Waals surface area contributed by atoms with Crippen LogP contribution in [-0.2, 0) is 10.8 Å². The Hall–Kier alpha value is -2.34. The molecular formula is C18H20N2O3S. The van der Waals surface area contributed by atoms with Crippen molar-refractivity contribution in [2.75, 3.05) is 18.2 Å². The van der Waals surface area contributed by atoms with Crippen LogP contribution < -0.4 is 15.4 Å². The lowest BCUT2D eigenvalue weighted by molar-refractivity contribution is 0.244. The molecular weight excluding hydrogens is 324 g/mol. The van der Waals surface area contributed by atoms with Crippen LogP contribution in [-0.4, -0.2) is 29.1 Å².